The Labute approximate surface area is 169 Å². The Kier molecular flexibility index (Phi) is 4.18. The zero-order chi connectivity index (χ0) is 20.0. The third-order valence-corrected chi connectivity index (χ3v) is 5.80. The van der Waals surface area contributed by atoms with Crippen molar-refractivity contribution in [1.29, 1.82) is 0 Å². The Hall–Kier alpha value is -3.44. The number of nitrogens with one attached hydrogen (secondary N) is 1. The van der Waals surface area contributed by atoms with Crippen molar-refractivity contribution < 1.29 is 0 Å². The lowest BCUT2D eigenvalue weighted by Gasteiger charge is -2.18. The number of aryl methyl sites for hydroxylation is 2. The highest BCUT2D eigenvalue weighted by atomic mass is 15.3. The molecule has 0 aliphatic carbocycles. The minimum Gasteiger partial charge on any atom is -0.325 e. The number of hydrazone groups is 1. The summed E-state index contributed by atoms with van der Waals surface area (Å²) >= 11 is 0. The van der Waals surface area contributed by atoms with E-state index in [1.54, 1.807) is 0 Å². The van der Waals surface area contributed by atoms with Gasteiger partial charge in [0.1, 0.15) is 0 Å². The van der Waals surface area contributed by atoms with E-state index in [2.05, 4.69) is 77.1 Å². The molecule has 2 heterocycles. The molecular formula is C24H23N5. The van der Waals surface area contributed by atoms with E-state index in [9.17, 15) is 0 Å². The molecule has 1 aliphatic rings. The summed E-state index contributed by atoms with van der Waals surface area (Å²) in [5, 5.41) is 11.5. The number of nitrogens with two attached hydrogens (primary N) is 1. The van der Waals surface area contributed by atoms with Crippen LogP contribution in [0.25, 0.3) is 33.2 Å². The molecule has 3 N–H and O–H groups in total. The van der Waals surface area contributed by atoms with E-state index in [1.165, 1.54) is 27.5 Å². The molecular weight excluding hydrogens is 358 g/mol. The Morgan fingerprint density at radius 1 is 1.03 bits per heavy atom. The molecule has 0 unspecified atom stereocenters. The van der Waals surface area contributed by atoms with Gasteiger partial charge in [-0.2, -0.15) is 10.2 Å². The maximum atomic E-state index is 5.92. The summed E-state index contributed by atoms with van der Waals surface area (Å²) in [6.45, 7) is 3.32. The maximum absolute atomic E-state index is 5.92. The summed E-state index contributed by atoms with van der Waals surface area (Å²) in [5.41, 5.74) is 18.0. The molecule has 4 aromatic rings. The highest BCUT2D eigenvalue weighted by Crippen LogP contribution is 2.37. The molecule has 5 nitrogen and oxygen atoms in total. The molecule has 0 fully saturated rings. The number of rotatable bonds is 3. The zero-order valence-electron chi connectivity index (χ0n) is 16.6. The summed E-state index contributed by atoms with van der Waals surface area (Å²) in [7, 11) is 2.00. The molecule has 0 saturated carbocycles. The first kappa shape index (κ1) is 17.6. The molecule has 0 spiro atoms. The van der Waals surface area contributed by atoms with Crippen LogP contribution in [0, 0.1) is 6.92 Å². The molecule has 0 atom stereocenters. The first-order chi connectivity index (χ1) is 14.2. The average Bonchev–Trinajstić information content (AvgIpc) is 3.14. The molecule has 1 aliphatic heterocycles. The number of aromatic nitrogens is 2. The highest BCUT2D eigenvalue weighted by Gasteiger charge is 2.19. The summed E-state index contributed by atoms with van der Waals surface area (Å²) in [4.78, 5) is 0. The second-order valence-corrected chi connectivity index (χ2v) is 7.46. The van der Waals surface area contributed by atoms with Crippen molar-refractivity contribution in [3.8, 4) is 22.4 Å². The van der Waals surface area contributed by atoms with Crippen LogP contribution in [0.2, 0.25) is 0 Å². The van der Waals surface area contributed by atoms with Crippen LogP contribution in [0.3, 0.4) is 0 Å². The summed E-state index contributed by atoms with van der Waals surface area (Å²) in [6.07, 6.45) is 1.95. The van der Waals surface area contributed by atoms with Crippen molar-refractivity contribution in [2.75, 3.05) is 6.54 Å². The number of hydrogen-bond acceptors (Lipinski definition) is 4. The number of fused-ring (bicyclic) bond motifs is 2. The molecule has 0 saturated heterocycles. The van der Waals surface area contributed by atoms with Crippen molar-refractivity contribution in [2.24, 2.45) is 17.9 Å². The average molecular weight is 381 g/mol. The third-order valence-electron chi connectivity index (χ3n) is 5.80. The summed E-state index contributed by atoms with van der Waals surface area (Å²) in [5.74, 6) is 0. The molecule has 5 rings (SSSR count). The Morgan fingerprint density at radius 3 is 2.76 bits per heavy atom. The van der Waals surface area contributed by atoms with E-state index >= 15 is 0 Å². The first-order valence-electron chi connectivity index (χ1n) is 9.81. The van der Waals surface area contributed by atoms with Crippen LogP contribution in [0.5, 0.6) is 0 Å². The summed E-state index contributed by atoms with van der Waals surface area (Å²) in [6, 6.07) is 19.4. The Morgan fingerprint density at radius 2 is 1.90 bits per heavy atom. The van der Waals surface area contributed by atoms with Gasteiger partial charge in [-0.3, -0.25) is 4.68 Å². The number of hydrogen-bond donors (Lipinski definition) is 2. The number of benzene rings is 3. The van der Waals surface area contributed by atoms with Crippen LogP contribution < -0.4 is 11.2 Å². The van der Waals surface area contributed by atoms with Gasteiger partial charge in [-0.25, -0.2) is 0 Å². The van der Waals surface area contributed by atoms with Crippen LogP contribution in [0.1, 0.15) is 16.7 Å². The molecule has 0 bridgehead atoms. The van der Waals surface area contributed by atoms with Gasteiger partial charge >= 0.3 is 0 Å². The van der Waals surface area contributed by atoms with Gasteiger partial charge in [-0.1, -0.05) is 48.5 Å². The van der Waals surface area contributed by atoms with E-state index in [0.717, 1.165) is 34.6 Å². The molecule has 144 valence electrons. The lowest BCUT2D eigenvalue weighted by Crippen LogP contribution is -2.26. The predicted octanol–water partition coefficient (Wildman–Crippen LogP) is 3.98. The molecule has 5 heteroatoms. The zero-order valence-corrected chi connectivity index (χ0v) is 16.6. The second kappa shape index (κ2) is 6.87. The van der Waals surface area contributed by atoms with Crippen molar-refractivity contribution in [1.82, 2.24) is 15.2 Å². The molecule has 1 aromatic heterocycles. The molecule has 29 heavy (non-hydrogen) atoms. The minimum absolute atomic E-state index is 0.410. The molecule has 3 aromatic carbocycles. The van der Waals surface area contributed by atoms with E-state index in [0.29, 0.717) is 6.54 Å². The normalized spacial score (nSPS) is 13.1. The van der Waals surface area contributed by atoms with Crippen LogP contribution >= 0.6 is 0 Å². The SMILES string of the molecule is Cc1c(-c2c(-c3ccc4c(c3)C(CN)=NNC4)cnn2C)ccc2ccccc12. The van der Waals surface area contributed by atoms with Gasteiger partial charge in [0.15, 0.2) is 0 Å². The fourth-order valence-electron chi connectivity index (χ4n) is 4.25. The lowest BCUT2D eigenvalue weighted by molar-refractivity contribution is 0.726. The maximum Gasteiger partial charge on any atom is 0.0814 e. The second-order valence-electron chi connectivity index (χ2n) is 7.46. The predicted molar refractivity (Wildman–Crippen MR) is 119 cm³/mol. The van der Waals surface area contributed by atoms with Crippen molar-refractivity contribution in [2.45, 2.75) is 13.5 Å². The highest BCUT2D eigenvalue weighted by molar-refractivity contribution is 6.05. The van der Waals surface area contributed by atoms with Crippen LogP contribution in [0.15, 0.2) is 65.9 Å². The van der Waals surface area contributed by atoms with Gasteiger partial charge in [0, 0.05) is 30.3 Å². The van der Waals surface area contributed by atoms with Gasteiger partial charge in [0.25, 0.3) is 0 Å². The molecule has 0 amide bonds. The van der Waals surface area contributed by atoms with Crippen molar-refractivity contribution >= 4 is 16.5 Å². The third kappa shape index (κ3) is 2.82. The standard InChI is InChI=1S/C24H23N5/c1-15-19-6-4-3-5-16(19)9-10-20(15)24-22(14-27-29(24)2)17-7-8-18-13-26-28-23(12-25)21(18)11-17/h3-11,14,26H,12-13,25H2,1-2H3. The van der Waals surface area contributed by atoms with Gasteiger partial charge in [-0.05, 0) is 40.5 Å². The number of nitrogens with zero attached hydrogens (tertiary/aromatic N) is 3. The fraction of sp³-hybridized carbons (Fsp3) is 0.167. The topological polar surface area (TPSA) is 68.2 Å². The smallest absolute Gasteiger partial charge is 0.0814 e. The van der Waals surface area contributed by atoms with Gasteiger partial charge in [0.05, 0.1) is 24.1 Å². The van der Waals surface area contributed by atoms with Crippen LogP contribution in [0.4, 0.5) is 0 Å². The largest absolute Gasteiger partial charge is 0.325 e. The van der Waals surface area contributed by atoms with Gasteiger partial charge < -0.3 is 11.2 Å². The first-order valence-corrected chi connectivity index (χ1v) is 9.81. The van der Waals surface area contributed by atoms with Crippen LogP contribution in [-0.2, 0) is 13.6 Å². The fourth-order valence-corrected chi connectivity index (χ4v) is 4.25. The van der Waals surface area contributed by atoms with Crippen molar-refractivity contribution in [3.63, 3.8) is 0 Å². The van der Waals surface area contributed by atoms with Crippen LogP contribution in [-0.4, -0.2) is 22.0 Å². The van der Waals surface area contributed by atoms with Gasteiger partial charge in [-0.15, -0.1) is 0 Å². The summed E-state index contributed by atoms with van der Waals surface area (Å²) < 4.78 is 1.96. The quantitative estimate of drug-likeness (QED) is 0.564. The van der Waals surface area contributed by atoms with E-state index < -0.39 is 0 Å². The minimum atomic E-state index is 0.410. The monoisotopic (exact) mass is 381 g/mol. The molecule has 0 radical (unpaired) electrons. The Balaban J connectivity index is 1.70. The van der Waals surface area contributed by atoms with Crippen molar-refractivity contribution in [3.05, 3.63) is 77.5 Å². The van der Waals surface area contributed by atoms with Gasteiger partial charge in [0.2, 0.25) is 0 Å². The van der Waals surface area contributed by atoms with E-state index in [1.807, 2.05) is 17.9 Å². The van der Waals surface area contributed by atoms with E-state index in [4.69, 9.17) is 5.73 Å². The Bertz CT molecular complexity index is 1270. The van der Waals surface area contributed by atoms with E-state index in [-0.39, 0.29) is 0 Å². The lowest BCUT2D eigenvalue weighted by atomic mass is 9.92.